The molecule has 0 atom stereocenters. The quantitative estimate of drug-likeness (QED) is 0.0652. The monoisotopic (exact) mass is 928 g/mol. The molecule has 14 heteroatoms. The molecule has 6 aromatic rings. The molecular formula is C54H62F2N6O6. The molecule has 2 saturated heterocycles. The molecule has 12 nitrogen and oxygen atoms in total. The minimum atomic E-state index is -1.14. The number of amides is 2. The minimum Gasteiger partial charge on any atom is -0.416 e. The second kappa shape index (κ2) is 22.6. The average molecular weight is 929 g/mol. The fourth-order valence-electron chi connectivity index (χ4n) is 9.70. The topological polar surface area (TPSA) is 127 Å². The van der Waals surface area contributed by atoms with Crippen LogP contribution in [0, 0.1) is 11.6 Å². The number of rotatable bonds is 18. The molecule has 2 aromatic heterocycles. The molecule has 2 amide bonds. The molecule has 358 valence electrons. The van der Waals surface area contributed by atoms with Crippen molar-refractivity contribution in [1.29, 1.82) is 0 Å². The van der Waals surface area contributed by atoms with Gasteiger partial charge >= 0.3 is 11.9 Å². The van der Waals surface area contributed by atoms with Crippen LogP contribution >= 0.6 is 0 Å². The van der Waals surface area contributed by atoms with Gasteiger partial charge in [0.05, 0.1) is 11.0 Å². The minimum absolute atomic E-state index is 0.0236. The summed E-state index contributed by atoms with van der Waals surface area (Å²) in [7, 11) is 0. The number of aryl methyl sites for hydroxylation is 2. The summed E-state index contributed by atoms with van der Waals surface area (Å²) >= 11 is 0. The van der Waals surface area contributed by atoms with Gasteiger partial charge in [-0.25, -0.2) is 18.4 Å². The van der Waals surface area contributed by atoms with E-state index >= 15 is 0 Å². The standard InChI is InChI=1S/C54H62F2N6O6/c1-3-57-51(63)19-11-39-9-17-45-47(33-39)61(43-23-29-59(30-24-43)27-21-37-5-13-41(55)14-6-37)35-49(45)67-53(65)54(66)68-50-36-62(48-34-40(10-18-46(48)50)12-20-52(64)58-4-2)44-25-31-60(32-26-44)28-22-38-7-15-42(56)16-8-38/h5-10,13-18,33-36,43-44H,3-4,11-12,19-32H2,1-2H3,(H,57,63)(H,58,64). The molecule has 0 saturated carbocycles. The summed E-state index contributed by atoms with van der Waals surface area (Å²) in [6, 6.07) is 25.2. The number of halogens is 2. The van der Waals surface area contributed by atoms with Gasteiger partial charge in [-0.3, -0.25) is 9.59 Å². The number of nitrogens with zero attached hydrogens (tertiary/aromatic N) is 4. The molecule has 0 bridgehead atoms. The van der Waals surface area contributed by atoms with Crippen LogP contribution in [0.4, 0.5) is 8.78 Å². The maximum atomic E-state index is 13.8. The van der Waals surface area contributed by atoms with Crippen LogP contribution in [0.1, 0.15) is 86.7 Å². The van der Waals surface area contributed by atoms with E-state index in [2.05, 4.69) is 29.6 Å². The van der Waals surface area contributed by atoms with Crippen molar-refractivity contribution in [3.05, 3.63) is 131 Å². The number of aromatic nitrogens is 2. The summed E-state index contributed by atoms with van der Waals surface area (Å²) in [6.45, 7) is 10.0. The number of nitrogens with one attached hydrogen (secondary N) is 2. The first-order valence-electron chi connectivity index (χ1n) is 24.2. The lowest BCUT2D eigenvalue weighted by Gasteiger charge is -2.33. The van der Waals surface area contributed by atoms with Crippen LogP contribution in [-0.2, 0) is 44.9 Å². The number of hydrogen-bond donors (Lipinski definition) is 2. The molecule has 2 aliphatic heterocycles. The van der Waals surface area contributed by atoms with E-state index in [0.29, 0.717) is 49.5 Å². The first-order valence-corrected chi connectivity index (χ1v) is 24.2. The summed E-state index contributed by atoms with van der Waals surface area (Å²) < 4.78 is 43.1. The van der Waals surface area contributed by atoms with Gasteiger partial charge in [-0.15, -0.1) is 0 Å². The van der Waals surface area contributed by atoms with Gasteiger partial charge in [0.15, 0.2) is 11.5 Å². The van der Waals surface area contributed by atoms with E-state index in [1.165, 1.54) is 24.3 Å². The van der Waals surface area contributed by atoms with E-state index in [9.17, 15) is 28.0 Å². The van der Waals surface area contributed by atoms with E-state index < -0.39 is 11.9 Å². The first-order chi connectivity index (χ1) is 33.0. The van der Waals surface area contributed by atoms with Gasteiger partial charge in [-0.2, -0.15) is 0 Å². The summed E-state index contributed by atoms with van der Waals surface area (Å²) in [5.74, 6) is -2.32. The van der Waals surface area contributed by atoms with Gasteiger partial charge in [0.2, 0.25) is 11.8 Å². The highest BCUT2D eigenvalue weighted by atomic mass is 19.1. The Kier molecular flexibility index (Phi) is 16.0. The van der Waals surface area contributed by atoms with Crippen molar-refractivity contribution >= 4 is 45.6 Å². The van der Waals surface area contributed by atoms with Crippen LogP contribution in [0.5, 0.6) is 11.5 Å². The molecular weight excluding hydrogens is 867 g/mol. The van der Waals surface area contributed by atoms with Crippen molar-refractivity contribution in [2.45, 2.75) is 90.1 Å². The Labute approximate surface area is 396 Å². The maximum Gasteiger partial charge on any atom is 0.423 e. The zero-order valence-corrected chi connectivity index (χ0v) is 39.1. The van der Waals surface area contributed by atoms with Crippen molar-refractivity contribution < 1.29 is 37.4 Å². The normalized spacial score (nSPS) is 15.2. The number of hydrogen-bond acceptors (Lipinski definition) is 8. The van der Waals surface area contributed by atoms with Crippen LogP contribution in [0.3, 0.4) is 0 Å². The molecule has 2 fully saturated rings. The number of esters is 2. The number of fused-ring (bicyclic) bond motifs is 2. The molecule has 2 aliphatic rings. The van der Waals surface area contributed by atoms with Gasteiger partial charge in [0.25, 0.3) is 0 Å². The van der Waals surface area contributed by atoms with Crippen LogP contribution in [0.25, 0.3) is 21.8 Å². The van der Waals surface area contributed by atoms with Crippen molar-refractivity contribution in [1.82, 2.24) is 29.6 Å². The maximum absolute atomic E-state index is 13.8. The van der Waals surface area contributed by atoms with E-state index in [1.54, 1.807) is 0 Å². The Balaban J connectivity index is 0.981. The van der Waals surface area contributed by atoms with Crippen molar-refractivity contribution in [2.24, 2.45) is 0 Å². The van der Waals surface area contributed by atoms with Gasteiger partial charge < -0.3 is 39.0 Å². The lowest BCUT2D eigenvalue weighted by atomic mass is 10.0. The number of ether oxygens (including phenoxy) is 2. The molecule has 8 rings (SSSR count). The number of carbonyl (C=O) groups excluding carboxylic acids is 4. The van der Waals surface area contributed by atoms with Crippen LogP contribution in [0.2, 0.25) is 0 Å². The van der Waals surface area contributed by atoms with E-state index in [0.717, 1.165) is 111 Å². The fourth-order valence-corrected chi connectivity index (χ4v) is 9.70. The number of piperidine rings is 2. The molecule has 0 unspecified atom stereocenters. The first kappa shape index (κ1) is 48.1. The second-order valence-electron chi connectivity index (χ2n) is 18.1. The predicted molar refractivity (Wildman–Crippen MR) is 259 cm³/mol. The van der Waals surface area contributed by atoms with Crippen molar-refractivity contribution in [3.63, 3.8) is 0 Å². The van der Waals surface area contributed by atoms with Gasteiger partial charge in [0.1, 0.15) is 11.6 Å². The Morgan fingerprint density at radius 3 is 1.26 bits per heavy atom. The molecule has 2 N–H and O–H groups in total. The number of carbonyl (C=O) groups is 4. The van der Waals surface area contributed by atoms with Gasteiger partial charge in [-0.05, 0) is 136 Å². The number of likely N-dealkylation sites (tertiary alicyclic amines) is 2. The molecule has 0 spiro atoms. The fraction of sp³-hybridized carbons (Fsp3) is 0.407. The molecule has 4 aromatic carbocycles. The van der Waals surface area contributed by atoms with Crippen LogP contribution in [0.15, 0.2) is 97.3 Å². The highest BCUT2D eigenvalue weighted by Gasteiger charge is 2.29. The molecule has 0 aliphatic carbocycles. The van der Waals surface area contributed by atoms with Gasteiger partial charge in [0, 0.05) is 100 Å². The van der Waals surface area contributed by atoms with E-state index in [1.807, 2.05) is 86.9 Å². The Bertz CT molecular complexity index is 2510. The summed E-state index contributed by atoms with van der Waals surface area (Å²) in [6.07, 6.45) is 10.4. The lowest BCUT2D eigenvalue weighted by molar-refractivity contribution is -0.156. The highest BCUT2D eigenvalue weighted by Crippen LogP contribution is 2.37. The largest absolute Gasteiger partial charge is 0.423 e. The molecule has 68 heavy (non-hydrogen) atoms. The van der Waals surface area contributed by atoms with Crippen LogP contribution < -0.4 is 20.1 Å². The highest BCUT2D eigenvalue weighted by molar-refractivity contribution is 6.31. The third-order valence-electron chi connectivity index (χ3n) is 13.5. The Morgan fingerprint density at radius 1 is 0.529 bits per heavy atom. The third-order valence-corrected chi connectivity index (χ3v) is 13.5. The lowest BCUT2D eigenvalue weighted by Crippen LogP contribution is -2.35. The summed E-state index contributed by atoms with van der Waals surface area (Å²) in [5, 5.41) is 7.07. The SMILES string of the molecule is CCNC(=O)CCc1ccc2c(OC(=O)C(=O)Oc3cn(C4CCN(CCc5ccc(F)cc5)CC4)c4cc(CCC(=O)NCC)ccc34)cn(C3CCN(CCc4ccc(F)cc4)CC3)c2c1. The number of benzene rings is 4. The summed E-state index contributed by atoms with van der Waals surface area (Å²) in [4.78, 5) is 57.1. The predicted octanol–water partition coefficient (Wildman–Crippen LogP) is 8.28. The van der Waals surface area contributed by atoms with Gasteiger partial charge in [-0.1, -0.05) is 36.4 Å². The Morgan fingerprint density at radius 2 is 0.897 bits per heavy atom. The summed E-state index contributed by atoms with van der Waals surface area (Å²) in [5.41, 5.74) is 5.83. The third kappa shape index (κ3) is 12.2. The molecule has 4 heterocycles. The zero-order chi connectivity index (χ0) is 47.6. The van der Waals surface area contributed by atoms with Crippen molar-refractivity contribution in [2.75, 3.05) is 52.4 Å². The Hall–Kier alpha value is -6.38. The average Bonchev–Trinajstić information content (AvgIpc) is 3.89. The smallest absolute Gasteiger partial charge is 0.416 e. The van der Waals surface area contributed by atoms with Crippen LogP contribution in [-0.4, -0.2) is 95.0 Å². The molecule has 0 radical (unpaired) electrons. The van der Waals surface area contributed by atoms with Crippen molar-refractivity contribution in [3.8, 4) is 11.5 Å². The van der Waals surface area contributed by atoms with E-state index in [4.69, 9.17) is 9.47 Å². The zero-order valence-electron chi connectivity index (χ0n) is 39.1. The second-order valence-corrected chi connectivity index (χ2v) is 18.1. The van der Waals surface area contributed by atoms with E-state index in [-0.39, 0.29) is 47.0 Å².